The molecule has 0 aliphatic heterocycles. The average Bonchev–Trinajstić information content (AvgIpc) is 2.45. The van der Waals surface area contributed by atoms with Crippen LogP contribution < -0.4 is 9.64 Å². The van der Waals surface area contributed by atoms with Crippen molar-refractivity contribution in [1.82, 2.24) is 4.98 Å². The number of nitrogens with zero attached hydrogens (tertiary/aromatic N) is 2. The molecule has 2 aromatic rings. The predicted octanol–water partition coefficient (Wildman–Crippen LogP) is 2.73. The van der Waals surface area contributed by atoms with E-state index in [1.165, 1.54) is 6.20 Å². The third-order valence-corrected chi connectivity index (χ3v) is 3.14. The van der Waals surface area contributed by atoms with Gasteiger partial charge in [0.15, 0.2) is 5.75 Å². The lowest BCUT2D eigenvalue weighted by Gasteiger charge is -2.18. The maximum Gasteiger partial charge on any atom is 0.339 e. The Morgan fingerprint density at radius 1 is 1.29 bits per heavy atom. The SMILES string of the molecule is Cc1c(N(C)C)ncc(OCc2ccccc2)c1C(=O)O. The standard InChI is InChI=1S/C16H18N2O3/c1-11-14(16(19)20)13(9-17-15(11)18(2)3)21-10-12-7-5-4-6-8-12/h4-9H,10H2,1-3H3,(H,19,20). The summed E-state index contributed by atoms with van der Waals surface area (Å²) in [5, 5.41) is 9.42. The third-order valence-electron chi connectivity index (χ3n) is 3.14. The van der Waals surface area contributed by atoms with Gasteiger partial charge in [0.1, 0.15) is 18.0 Å². The van der Waals surface area contributed by atoms with Gasteiger partial charge in [0.2, 0.25) is 0 Å². The largest absolute Gasteiger partial charge is 0.486 e. The van der Waals surface area contributed by atoms with E-state index in [0.717, 1.165) is 5.56 Å². The van der Waals surface area contributed by atoms with Crippen molar-refractivity contribution < 1.29 is 14.6 Å². The van der Waals surface area contributed by atoms with Gasteiger partial charge in [-0.15, -0.1) is 0 Å². The van der Waals surface area contributed by atoms with Crippen LogP contribution in [-0.4, -0.2) is 30.2 Å². The molecule has 1 N–H and O–H groups in total. The number of carboxylic acids is 1. The lowest BCUT2D eigenvalue weighted by molar-refractivity contribution is 0.0690. The first-order chi connectivity index (χ1) is 10.0. The summed E-state index contributed by atoms with van der Waals surface area (Å²) in [6, 6.07) is 9.60. The molecule has 0 aliphatic rings. The summed E-state index contributed by atoms with van der Waals surface area (Å²) < 4.78 is 5.64. The summed E-state index contributed by atoms with van der Waals surface area (Å²) in [6.45, 7) is 2.05. The number of hydrogen-bond acceptors (Lipinski definition) is 4. The maximum atomic E-state index is 11.5. The fourth-order valence-electron chi connectivity index (χ4n) is 2.14. The first-order valence-electron chi connectivity index (χ1n) is 6.57. The summed E-state index contributed by atoms with van der Waals surface area (Å²) in [6.07, 6.45) is 1.47. The molecular formula is C16H18N2O3. The molecule has 0 saturated carbocycles. The highest BCUT2D eigenvalue weighted by Gasteiger charge is 2.19. The molecule has 0 saturated heterocycles. The van der Waals surface area contributed by atoms with Crippen molar-refractivity contribution in [3.8, 4) is 5.75 Å². The van der Waals surface area contributed by atoms with E-state index in [2.05, 4.69) is 4.98 Å². The highest BCUT2D eigenvalue weighted by atomic mass is 16.5. The first kappa shape index (κ1) is 14.8. The number of carbonyl (C=O) groups is 1. The van der Waals surface area contributed by atoms with Crippen LogP contribution in [0.1, 0.15) is 21.5 Å². The molecule has 0 unspecified atom stereocenters. The Labute approximate surface area is 123 Å². The average molecular weight is 286 g/mol. The molecule has 1 aromatic heterocycles. The Hall–Kier alpha value is -2.56. The quantitative estimate of drug-likeness (QED) is 0.915. The topological polar surface area (TPSA) is 62.7 Å². The Balaban J connectivity index is 2.31. The molecule has 5 heteroatoms. The van der Waals surface area contributed by atoms with Gasteiger partial charge in [-0.05, 0) is 12.5 Å². The number of aromatic nitrogens is 1. The minimum atomic E-state index is -1.01. The Bertz CT molecular complexity index is 639. The number of pyridine rings is 1. The van der Waals surface area contributed by atoms with Gasteiger partial charge in [0.25, 0.3) is 0 Å². The summed E-state index contributed by atoms with van der Waals surface area (Å²) in [4.78, 5) is 17.6. The Kier molecular flexibility index (Phi) is 4.42. The molecule has 1 aromatic carbocycles. The van der Waals surface area contributed by atoms with Crippen molar-refractivity contribution in [2.24, 2.45) is 0 Å². The second kappa shape index (κ2) is 6.26. The Morgan fingerprint density at radius 2 is 1.95 bits per heavy atom. The second-order valence-corrected chi connectivity index (χ2v) is 4.92. The minimum absolute atomic E-state index is 0.157. The fourth-order valence-corrected chi connectivity index (χ4v) is 2.14. The number of aromatic carboxylic acids is 1. The molecule has 2 rings (SSSR count). The van der Waals surface area contributed by atoms with Crippen molar-refractivity contribution in [2.45, 2.75) is 13.5 Å². The molecule has 5 nitrogen and oxygen atoms in total. The first-order valence-corrected chi connectivity index (χ1v) is 6.57. The number of ether oxygens (including phenoxy) is 1. The van der Waals surface area contributed by atoms with Gasteiger partial charge in [-0.1, -0.05) is 30.3 Å². The van der Waals surface area contributed by atoms with Crippen molar-refractivity contribution in [2.75, 3.05) is 19.0 Å². The van der Waals surface area contributed by atoms with Crippen molar-refractivity contribution >= 4 is 11.8 Å². The molecule has 21 heavy (non-hydrogen) atoms. The number of rotatable bonds is 5. The van der Waals surface area contributed by atoms with Crippen LogP contribution in [0, 0.1) is 6.92 Å². The molecule has 0 radical (unpaired) electrons. The van der Waals surface area contributed by atoms with E-state index in [4.69, 9.17) is 4.74 Å². The van der Waals surface area contributed by atoms with Crippen LogP contribution in [0.25, 0.3) is 0 Å². The third kappa shape index (κ3) is 3.31. The molecule has 0 spiro atoms. The summed E-state index contributed by atoms with van der Waals surface area (Å²) in [5.74, 6) is -0.102. The van der Waals surface area contributed by atoms with Crippen LogP contribution in [0.15, 0.2) is 36.5 Å². The monoisotopic (exact) mass is 286 g/mol. The van der Waals surface area contributed by atoms with Gasteiger partial charge in [0, 0.05) is 19.7 Å². The van der Waals surface area contributed by atoms with Gasteiger partial charge >= 0.3 is 5.97 Å². The van der Waals surface area contributed by atoms with E-state index in [0.29, 0.717) is 18.0 Å². The predicted molar refractivity (Wildman–Crippen MR) is 81.0 cm³/mol. The van der Waals surface area contributed by atoms with E-state index in [-0.39, 0.29) is 11.3 Å². The van der Waals surface area contributed by atoms with Crippen LogP contribution in [0.5, 0.6) is 5.75 Å². The minimum Gasteiger partial charge on any atom is -0.486 e. The van der Waals surface area contributed by atoms with Gasteiger partial charge < -0.3 is 14.7 Å². The summed E-state index contributed by atoms with van der Waals surface area (Å²) >= 11 is 0. The molecule has 0 amide bonds. The molecule has 0 bridgehead atoms. The molecule has 0 aliphatic carbocycles. The van der Waals surface area contributed by atoms with Gasteiger partial charge in [-0.2, -0.15) is 0 Å². The molecule has 0 fully saturated rings. The van der Waals surface area contributed by atoms with Gasteiger partial charge in [0.05, 0.1) is 6.20 Å². The van der Waals surface area contributed by atoms with E-state index in [1.54, 1.807) is 11.8 Å². The highest BCUT2D eigenvalue weighted by molar-refractivity contribution is 5.93. The number of hydrogen-bond donors (Lipinski definition) is 1. The lowest BCUT2D eigenvalue weighted by atomic mass is 10.1. The molecule has 1 heterocycles. The van der Waals surface area contributed by atoms with Crippen LogP contribution in [0.3, 0.4) is 0 Å². The van der Waals surface area contributed by atoms with Crippen LogP contribution in [-0.2, 0) is 6.61 Å². The van der Waals surface area contributed by atoms with E-state index in [9.17, 15) is 9.90 Å². The number of benzene rings is 1. The van der Waals surface area contributed by atoms with Crippen LogP contribution >= 0.6 is 0 Å². The van der Waals surface area contributed by atoms with Gasteiger partial charge in [-0.3, -0.25) is 0 Å². The normalized spacial score (nSPS) is 10.2. The zero-order chi connectivity index (χ0) is 15.4. The zero-order valence-electron chi connectivity index (χ0n) is 12.3. The summed E-state index contributed by atoms with van der Waals surface area (Å²) in [5.41, 5.74) is 1.73. The smallest absolute Gasteiger partial charge is 0.339 e. The second-order valence-electron chi connectivity index (χ2n) is 4.92. The zero-order valence-corrected chi connectivity index (χ0v) is 12.3. The fraction of sp³-hybridized carbons (Fsp3) is 0.250. The van der Waals surface area contributed by atoms with Crippen molar-refractivity contribution in [3.63, 3.8) is 0 Å². The van der Waals surface area contributed by atoms with E-state index < -0.39 is 5.97 Å². The molecule has 110 valence electrons. The number of carboxylic acid groups (broad SMARTS) is 1. The van der Waals surface area contributed by atoms with Crippen LogP contribution in [0.2, 0.25) is 0 Å². The van der Waals surface area contributed by atoms with Crippen LogP contribution in [0.4, 0.5) is 5.82 Å². The van der Waals surface area contributed by atoms with Gasteiger partial charge in [-0.25, -0.2) is 9.78 Å². The lowest BCUT2D eigenvalue weighted by Crippen LogP contribution is -2.16. The molecular weight excluding hydrogens is 268 g/mol. The summed E-state index contributed by atoms with van der Waals surface area (Å²) in [7, 11) is 3.65. The number of anilines is 1. The van der Waals surface area contributed by atoms with Crippen molar-refractivity contribution in [1.29, 1.82) is 0 Å². The van der Waals surface area contributed by atoms with Crippen molar-refractivity contribution in [3.05, 3.63) is 53.2 Å². The Morgan fingerprint density at radius 3 is 2.52 bits per heavy atom. The highest BCUT2D eigenvalue weighted by Crippen LogP contribution is 2.28. The maximum absolute atomic E-state index is 11.5. The van der Waals surface area contributed by atoms with E-state index in [1.807, 2.05) is 44.4 Å². The van der Waals surface area contributed by atoms with E-state index >= 15 is 0 Å². The molecule has 0 atom stereocenters.